The van der Waals surface area contributed by atoms with Crippen molar-refractivity contribution >= 4 is 23.5 Å². The highest BCUT2D eigenvalue weighted by atomic mass is 16.5. The summed E-state index contributed by atoms with van der Waals surface area (Å²) in [5.41, 5.74) is 1.42. The number of esters is 1. The van der Waals surface area contributed by atoms with Gasteiger partial charge in [0, 0.05) is 0 Å². The third-order valence-electron chi connectivity index (χ3n) is 3.57. The number of amides is 2. The van der Waals surface area contributed by atoms with Crippen LogP contribution in [-0.4, -0.2) is 24.4 Å². The summed E-state index contributed by atoms with van der Waals surface area (Å²) in [6, 6.07) is 13.0. The molecule has 0 aromatic heterocycles. The number of hydrogen-bond acceptors (Lipinski definition) is 4. The van der Waals surface area contributed by atoms with Crippen LogP contribution in [0.2, 0.25) is 0 Å². The maximum atomic E-state index is 12.4. The standard InChI is InChI=1S/C18H15NO4/c1-2-10-23-18(22)12-6-5-7-13(11-12)19-16(20)14-8-3-4-9-15(14)17(19)21/h3-9,11H,2,10H2,1H3. The van der Waals surface area contributed by atoms with Crippen LogP contribution in [0.25, 0.3) is 0 Å². The molecule has 0 spiro atoms. The molecule has 0 radical (unpaired) electrons. The van der Waals surface area contributed by atoms with Crippen molar-refractivity contribution in [2.24, 2.45) is 0 Å². The van der Waals surface area contributed by atoms with Crippen molar-refractivity contribution in [3.05, 3.63) is 65.2 Å². The molecule has 23 heavy (non-hydrogen) atoms. The summed E-state index contributed by atoms with van der Waals surface area (Å²) in [7, 11) is 0. The average molecular weight is 309 g/mol. The van der Waals surface area contributed by atoms with Gasteiger partial charge in [-0.1, -0.05) is 25.1 Å². The molecule has 0 fully saturated rings. The summed E-state index contributed by atoms with van der Waals surface area (Å²) in [5, 5.41) is 0. The van der Waals surface area contributed by atoms with E-state index in [1.54, 1.807) is 42.5 Å². The molecule has 0 unspecified atom stereocenters. The Bertz CT molecular complexity index is 762. The first-order chi connectivity index (χ1) is 11.1. The molecule has 0 saturated heterocycles. The Morgan fingerprint density at radius 2 is 1.65 bits per heavy atom. The SMILES string of the molecule is CCCOC(=O)c1cccc(N2C(=O)c3ccccc3C2=O)c1. The minimum atomic E-state index is -0.467. The Morgan fingerprint density at radius 3 is 2.26 bits per heavy atom. The van der Waals surface area contributed by atoms with E-state index in [0.717, 1.165) is 11.3 Å². The van der Waals surface area contributed by atoms with Crippen molar-refractivity contribution in [3.8, 4) is 0 Å². The normalized spacial score (nSPS) is 13.2. The lowest BCUT2D eigenvalue weighted by Crippen LogP contribution is -2.29. The molecule has 2 amide bonds. The van der Waals surface area contributed by atoms with Gasteiger partial charge in [-0.2, -0.15) is 0 Å². The number of rotatable bonds is 4. The van der Waals surface area contributed by atoms with E-state index < -0.39 is 5.97 Å². The molecular weight excluding hydrogens is 294 g/mol. The lowest BCUT2D eigenvalue weighted by molar-refractivity contribution is 0.0504. The number of anilines is 1. The zero-order valence-electron chi connectivity index (χ0n) is 12.6. The van der Waals surface area contributed by atoms with Gasteiger partial charge in [0.1, 0.15) is 0 Å². The monoisotopic (exact) mass is 309 g/mol. The molecule has 116 valence electrons. The summed E-state index contributed by atoms with van der Waals surface area (Å²) in [4.78, 5) is 37.9. The Morgan fingerprint density at radius 1 is 1.00 bits per heavy atom. The Balaban J connectivity index is 1.93. The minimum Gasteiger partial charge on any atom is -0.462 e. The van der Waals surface area contributed by atoms with Crippen LogP contribution in [0, 0.1) is 0 Å². The highest BCUT2D eigenvalue weighted by Crippen LogP contribution is 2.28. The van der Waals surface area contributed by atoms with Crippen molar-refractivity contribution in [1.29, 1.82) is 0 Å². The first-order valence-corrected chi connectivity index (χ1v) is 7.38. The second-order valence-corrected chi connectivity index (χ2v) is 5.18. The van der Waals surface area contributed by atoms with Crippen LogP contribution in [0.4, 0.5) is 5.69 Å². The fraction of sp³-hybridized carbons (Fsp3) is 0.167. The van der Waals surface area contributed by atoms with Crippen molar-refractivity contribution in [2.45, 2.75) is 13.3 Å². The lowest BCUT2D eigenvalue weighted by Gasteiger charge is -2.14. The number of fused-ring (bicyclic) bond motifs is 1. The number of carbonyl (C=O) groups is 3. The Labute approximate surface area is 133 Å². The first-order valence-electron chi connectivity index (χ1n) is 7.38. The van der Waals surface area contributed by atoms with Gasteiger partial charge in [0.25, 0.3) is 11.8 Å². The maximum absolute atomic E-state index is 12.4. The highest BCUT2D eigenvalue weighted by Gasteiger charge is 2.36. The number of benzene rings is 2. The molecule has 0 bridgehead atoms. The molecule has 0 aliphatic carbocycles. The lowest BCUT2D eigenvalue weighted by atomic mass is 10.1. The van der Waals surface area contributed by atoms with Gasteiger partial charge < -0.3 is 4.74 Å². The second kappa shape index (κ2) is 6.04. The molecular formula is C18H15NO4. The van der Waals surface area contributed by atoms with E-state index in [0.29, 0.717) is 29.0 Å². The van der Waals surface area contributed by atoms with Gasteiger partial charge in [-0.05, 0) is 36.8 Å². The first kappa shape index (κ1) is 15.0. The largest absolute Gasteiger partial charge is 0.462 e. The molecule has 3 rings (SSSR count). The third kappa shape index (κ3) is 2.61. The average Bonchev–Trinajstić information content (AvgIpc) is 2.84. The smallest absolute Gasteiger partial charge is 0.338 e. The maximum Gasteiger partial charge on any atom is 0.338 e. The van der Waals surface area contributed by atoms with Crippen molar-refractivity contribution in [2.75, 3.05) is 11.5 Å². The Hall–Kier alpha value is -2.95. The molecule has 2 aromatic carbocycles. The van der Waals surface area contributed by atoms with Gasteiger partial charge in [0.2, 0.25) is 0 Å². The van der Waals surface area contributed by atoms with Crippen molar-refractivity contribution in [1.82, 2.24) is 0 Å². The molecule has 5 heteroatoms. The Kier molecular flexibility index (Phi) is 3.93. The van der Waals surface area contributed by atoms with E-state index in [4.69, 9.17) is 4.74 Å². The van der Waals surface area contributed by atoms with Crippen molar-refractivity contribution in [3.63, 3.8) is 0 Å². The highest BCUT2D eigenvalue weighted by molar-refractivity contribution is 6.34. The van der Waals surface area contributed by atoms with E-state index in [2.05, 4.69) is 0 Å². The number of imide groups is 1. The van der Waals surface area contributed by atoms with Crippen LogP contribution in [-0.2, 0) is 4.74 Å². The van der Waals surface area contributed by atoms with Crippen LogP contribution in [0.5, 0.6) is 0 Å². The number of hydrogen-bond donors (Lipinski definition) is 0. The van der Waals surface area contributed by atoms with Crippen LogP contribution in [0.3, 0.4) is 0 Å². The topological polar surface area (TPSA) is 63.7 Å². The fourth-order valence-corrected chi connectivity index (χ4v) is 2.47. The number of nitrogens with zero attached hydrogens (tertiary/aromatic N) is 1. The number of carbonyl (C=O) groups excluding carboxylic acids is 3. The zero-order chi connectivity index (χ0) is 16.4. The minimum absolute atomic E-state index is 0.313. The van der Waals surface area contributed by atoms with Crippen LogP contribution in [0.15, 0.2) is 48.5 Å². The van der Waals surface area contributed by atoms with E-state index in [1.807, 2.05) is 6.92 Å². The molecule has 2 aromatic rings. The van der Waals surface area contributed by atoms with Crippen LogP contribution < -0.4 is 4.90 Å². The summed E-state index contributed by atoms with van der Waals surface area (Å²) >= 11 is 0. The van der Waals surface area contributed by atoms with Gasteiger partial charge >= 0.3 is 5.97 Å². The predicted molar refractivity (Wildman–Crippen MR) is 84.6 cm³/mol. The van der Waals surface area contributed by atoms with Gasteiger partial charge in [-0.3, -0.25) is 9.59 Å². The van der Waals surface area contributed by atoms with Gasteiger partial charge in [-0.25, -0.2) is 9.69 Å². The van der Waals surface area contributed by atoms with E-state index in [1.165, 1.54) is 6.07 Å². The molecule has 0 N–H and O–H groups in total. The number of ether oxygens (including phenoxy) is 1. The molecule has 0 saturated carbocycles. The molecule has 1 aliphatic heterocycles. The summed E-state index contributed by atoms with van der Waals surface area (Å²) in [5.74, 6) is -1.24. The van der Waals surface area contributed by atoms with Crippen molar-refractivity contribution < 1.29 is 19.1 Å². The predicted octanol–water partition coefficient (Wildman–Crippen LogP) is 3.05. The summed E-state index contributed by atoms with van der Waals surface area (Å²) in [6.07, 6.45) is 0.726. The van der Waals surface area contributed by atoms with Crippen LogP contribution >= 0.6 is 0 Å². The van der Waals surface area contributed by atoms with Crippen LogP contribution in [0.1, 0.15) is 44.4 Å². The molecule has 0 atom stereocenters. The fourth-order valence-electron chi connectivity index (χ4n) is 2.47. The summed E-state index contributed by atoms with van der Waals surface area (Å²) in [6.45, 7) is 2.23. The van der Waals surface area contributed by atoms with Gasteiger partial charge in [0.15, 0.2) is 0 Å². The third-order valence-corrected chi connectivity index (χ3v) is 3.57. The van der Waals surface area contributed by atoms with Gasteiger partial charge in [-0.15, -0.1) is 0 Å². The molecule has 1 aliphatic rings. The van der Waals surface area contributed by atoms with E-state index in [-0.39, 0.29) is 11.8 Å². The molecule has 1 heterocycles. The quantitative estimate of drug-likeness (QED) is 0.643. The molecule has 5 nitrogen and oxygen atoms in total. The zero-order valence-corrected chi connectivity index (χ0v) is 12.6. The summed E-state index contributed by atoms with van der Waals surface area (Å²) < 4.78 is 5.08. The second-order valence-electron chi connectivity index (χ2n) is 5.18. The van der Waals surface area contributed by atoms with Gasteiger partial charge in [0.05, 0.1) is 29.0 Å². The van der Waals surface area contributed by atoms with E-state index in [9.17, 15) is 14.4 Å². The van der Waals surface area contributed by atoms with E-state index >= 15 is 0 Å².